The average molecular weight is 281 g/mol. The second kappa shape index (κ2) is 6.79. The van der Waals surface area contributed by atoms with Gasteiger partial charge in [0.05, 0.1) is 6.10 Å². The summed E-state index contributed by atoms with van der Waals surface area (Å²) >= 11 is 0. The van der Waals surface area contributed by atoms with Crippen LogP contribution in [0.5, 0.6) is 0 Å². The summed E-state index contributed by atoms with van der Waals surface area (Å²) < 4.78 is 0. The highest BCUT2D eigenvalue weighted by Gasteiger charge is 2.36. The molecule has 0 aromatic carbocycles. The van der Waals surface area contributed by atoms with Crippen LogP contribution in [-0.2, 0) is 0 Å². The van der Waals surface area contributed by atoms with Gasteiger partial charge in [-0.2, -0.15) is 0 Å². The Morgan fingerprint density at radius 1 is 1.00 bits per heavy atom. The van der Waals surface area contributed by atoms with Crippen LogP contribution in [0.15, 0.2) is 0 Å². The van der Waals surface area contributed by atoms with E-state index in [-0.39, 0.29) is 6.10 Å². The Labute approximate surface area is 125 Å². The highest BCUT2D eigenvalue weighted by atomic mass is 16.3. The van der Waals surface area contributed by atoms with E-state index in [1.165, 1.54) is 44.9 Å². The second-order valence-electron chi connectivity index (χ2n) is 8.43. The maximum Gasteiger partial charge on any atom is 0.0580 e. The molecule has 0 aromatic rings. The molecule has 0 aromatic heterocycles. The molecule has 2 nitrogen and oxygen atoms in total. The van der Waals surface area contributed by atoms with Crippen molar-refractivity contribution in [3.63, 3.8) is 0 Å². The lowest BCUT2D eigenvalue weighted by atomic mass is 9.68. The first-order chi connectivity index (χ1) is 9.38. The Bertz CT molecular complexity index is 290. The molecule has 0 bridgehead atoms. The van der Waals surface area contributed by atoms with Crippen molar-refractivity contribution in [1.29, 1.82) is 0 Å². The summed E-state index contributed by atoms with van der Waals surface area (Å²) in [5.74, 6) is 1.26. The van der Waals surface area contributed by atoms with E-state index >= 15 is 0 Å². The summed E-state index contributed by atoms with van der Waals surface area (Å²) in [6.07, 6.45) is 10.3. The van der Waals surface area contributed by atoms with Gasteiger partial charge >= 0.3 is 0 Å². The first-order valence-corrected chi connectivity index (χ1v) is 8.76. The van der Waals surface area contributed by atoms with Crippen LogP contribution in [0.3, 0.4) is 0 Å². The molecule has 3 atom stereocenters. The van der Waals surface area contributed by atoms with Crippen LogP contribution in [0.2, 0.25) is 0 Å². The Balaban J connectivity index is 1.89. The van der Waals surface area contributed by atoms with Gasteiger partial charge in [0, 0.05) is 12.6 Å². The average Bonchev–Trinajstić information content (AvgIpc) is 2.41. The zero-order chi connectivity index (χ0) is 14.8. The minimum absolute atomic E-state index is 0.0698. The van der Waals surface area contributed by atoms with E-state index in [0.717, 1.165) is 24.9 Å². The zero-order valence-electron chi connectivity index (χ0n) is 14.1. The maximum atomic E-state index is 10.4. The molecule has 2 fully saturated rings. The van der Waals surface area contributed by atoms with Crippen molar-refractivity contribution in [2.75, 3.05) is 13.6 Å². The van der Waals surface area contributed by atoms with Gasteiger partial charge in [-0.05, 0) is 56.4 Å². The molecule has 3 unspecified atom stereocenters. The molecule has 0 heterocycles. The van der Waals surface area contributed by atoms with Gasteiger partial charge in [0.25, 0.3) is 0 Å². The quantitative estimate of drug-likeness (QED) is 0.843. The summed E-state index contributed by atoms with van der Waals surface area (Å²) in [4.78, 5) is 2.55. The Kier molecular flexibility index (Phi) is 5.53. The van der Waals surface area contributed by atoms with Gasteiger partial charge in [0.1, 0.15) is 0 Å². The van der Waals surface area contributed by atoms with Gasteiger partial charge in [-0.1, -0.05) is 40.0 Å². The fourth-order valence-corrected chi connectivity index (χ4v) is 4.27. The van der Waals surface area contributed by atoms with Crippen molar-refractivity contribution in [3.05, 3.63) is 0 Å². The van der Waals surface area contributed by atoms with Crippen LogP contribution >= 0.6 is 0 Å². The number of aliphatic hydroxyl groups excluding tert-OH is 1. The van der Waals surface area contributed by atoms with Crippen LogP contribution in [0.4, 0.5) is 0 Å². The Morgan fingerprint density at radius 2 is 1.65 bits per heavy atom. The number of hydrogen-bond acceptors (Lipinski definition) is 2. The first kappa shape index (κ1) is 16.3. The lowest BCUT2D eigenvalue weighted by Crippen LogP contribution is -2.43. The van der Waals surface area contributed by atoms with E-state index in [1.54, 1.807) is 0 Å². The van der Waals surface area contributed by atoms with E-state index in [4.69, 9.17) is 0 Å². The van der Waals surface area contributed by atoms with Crippen molar-refractivity contribution in [2.24, 2.45) is 17.3 Å². The molecule has 2 rings (SSSR count). The second-order valence-corrected chi connectivity index (χ2v) is 8.43. The molecule has 2 aliphatic rings. The molecular formula is C18H35NO. The normalized spacial score (nSPS) is 33.6. The number of nitrogens with zero attached hydrogens (tertiary/aromatic N) is 1. The minimum atomic E-state index is -0.0698. The van der Waals surface area contributed by atoms with Crippen LogP contribution in [-0.4, -0.2) is 35.7 Å². The summed E-state index contributed by atoms with van der Waals surface area (Å²) in [7, 11) is 2.28. The number of aliphatic hydroxyl groups is 1. The van der Waals surface area contributed by atoms with Crippen LogP contribution in [0, 0.1) is 17.3 Å². The predicted molar refractivity (Wildman–Crippen MR) is 85.8 cm³/mol. The summed E-state index contributed by atoms with van der Waals surface area (Å²) in [5, 5.41) is 10.4. The summed E-state index contributed by atoms with van der Waals surface area (Å²) in [6, 6.07) is 0.769. The van der Waals surface area contributed by atoms with Crippen molar-refractivity contribution >= 4 is 0 Å². The molecule has 118 valence electrons. The predicted octanol–water partition coefficient (Wildman–Crippen LogP) is 4.07. The third-order valence-electron chi connectivity index (χ3n) is 5.89. The monoisotopic (exact) mass is 281 g/mol. The van der Waals surface area contributed by atoms with E-state index in [9.17, 15) is 5.11 Å². The number of hydrogen-bond donors (Lipinski definition) is 1. The Hall–Kier alpha value is -0.0800. The molecule has 2 aliphatic carbocycles. The van der Waals surface area contributed by atoms with Crippen LogP contribution < -0.4 is 0 Å². The SMILES string of the molecule is CN(CC1CC(C(C)(C)C)CCC1O)C1CCCCC1. The standard InChI is InChI=1S/C18H35NO/c1-18(2,3)15-10-11-17(20)14(12-15)13-19(4)16-8-6-5-7-9-16/h14-17,20H,5-13H2,1-4H3. The third kappa shape index (κ3) is 4.21. The van der Waals surface area contributed by atoms with Crippen molar-refractivity contribution in [1.82, 2.24) is 4.90 Å². The molecule has 20 heavy (non-hydrogen) atoms. The Morgan fingerprint density at radius 3 is 2.25 bits per heavy atom. The maximum absolute atomic E-state index is 10.4. The van der Waals surface area contributed by atoms with E-state index in [2.05, 4.69) is 32.7 Å². The van der Waals surface area contributed by atoms with E-state index in [1.807, 2.05) is 0 Å². The molecule has 0 amide bonds. The van der Waals surface area contributed by atoms with Crippen molar-refractivity contribution in [2.45, 2.75) is 84.3 Å². The van der Waals surface area contributed by atoms with Gasteiger partial charge < -0.3 is 10.0 Å². The minimum Gasteiger partial charge on any atom is -0.393 e. The van der Waals surface area contributed by atoms with Gasteiger partial charge in [0.15, 0.2) is 0 Å². The molecule has 0 aliphatic heterocycles. The number of rotatable bonds is 3. The van der Waals surface area contributed by atoms with Gasteiger partial charge in [0.2, 0.25) is 0 Å². The lowest BCUT2D eigenvalue weighted by Gasteiger charge is -2.42. The zero-order valence-corrected chi connectivity index (χ0v) is 14.1. The largest absolute Gasteiger partial charge is 0.393 e. The molecule has 1 N–H and O–H groups in total. The summed E-state index contributed by atoms with van der Waals surface area (Å²) in [5.41, 5.74) is 0.391. The highest BCUT2D eigenvalue weighted by Crippen LogP contribution is 2.40. The topological polar surface area (TPSA) is 23.5 Å². The van der Waals surface area contributed by atoms with Crippen LogP contribution in [0.1, 0.15) is 72.1 Å². The fourth-order valence-electron chi connectivity index (χ4n) is 4.27. The van der Waals surface area contributed by atoms with E-state index < -0.39 is 0 Å². The van der Waals surface area contributed by atoms with Crippen LogP contribution in [0.25, 0.3) is 0 Å². The van der Waals surface area contributed by atoms with E-state index in [0.29, 0.717) is 11.3 Å². The highest BCUT2D eigenvalue weighted by molar-refractivity contribution is 4.87. The van der Waals surface area contributed by atoms with Crippen molar-refractivity contribution in [3.8, 4) is 0 Å². The smallest absolute Gasteiger partial charge is 0.0580 e. The molecule has 0 spiro atoms. The lowest BCUT2D eigenvalue weighted by molar-refractivity contribution is -0.000992. The fraction of sp³-hybridized carbons (Fsp3) is 1.00. The molecule has 2 heteroatoms. The molecular weight excluding hydrogens is 246 g/mol. The summed E-state index contributed by atoms with van der Waals surface area (Å²) in [6.45, 7) is 8.17. The molecule has 0 radical (unpaired) electrons. The van der Waals surface area contributed by atoms with Crippen molar-refractivity contribution < 1.29 is 5.11 Å². The first-order valence-electron chi connectivity index (χ1n) is 8.76. The van der Waals surface area contributed by atoms with Gasteiger partial charge in [-0.25, -0.2) is 0 Å². The third-order valence-corrected chi connectivity index (χ3v) is 5.89. The molecule has 0 saturated heterocycles. The van der Waals surface area contributed by atoms with Gasteiger partial charge in [-0.3, -0.25) is 0 Å². The van der Waals surface area contributed by atoms with Gasteiger partial charge in [-0.15, -0.1) is 0 Å². The molecule has 2 saturated carbocycles.